The summed E-state index contributed by atoms with van der Waals surface area (Å²) in [5.41, 5.74) is 0.946. The van der Waals surface area contributed by atoms with Crippen LogP contribution in [0.2, 0.25) is 0 Å². The molecule has 13 heavy (non-hydrogen) atoms. The van der Waals surface area contributed by atoms with Gasteiger partial charge in [0.1, 0.15) is 0 Å². The summed E-state index contributed by atoms with van der Waals surface area (Å²) in [6, 6.07) is 3.78. The first-order valence-electron chi connectivity index (χ1n) is 4.55. The summed E-state index contributed by atoms with van der Waals surface area (Å²) in [6.45, 7) is 6.21. The number of aromatic nitrogens is 1. The summed E-state index contributed by atoms with van der Waals surface area (Å²) in [4.78, 5) is 10.4. The molecular formula is C10H15N3. The molecule has 3 nitrogen and oxygen atoms in total. The van der Waals surface area contributed by atoms with Gasteiger partial charge in [-0.3, -0.25) is 4.98 Å². The summed E-state index contributed by atoms with van der Waals surface area (Å²) in [7, 11) is 0. The highest BCUT2D eigenvalue weighted by atomic mass is 15.1. The highest BCUT2D eigenvalue weighted by Gasteiger charge is 1.90. The molecule has 0 N–H and O–H groups in total. The number of hydrogen-bond acceptors (Lipinski definition) is 2. The van der Waals surface area contributed by atoms with Gasteiger partial charge in [0, 0.05) is 25.5 Å². The van der Waals surface area contributed by atoms with E-state index in [0.29, 0.717) is 0 Å². The monoisotopic (exact) mass is 177 g/mol. The molecule has 0 aliphatic rings. The zero-order valence-electron chi connectivity index (χ0n) is 8.14. The molecular weight excluding hydrogens is 162 g/mol. The predicted octanol–water partition coefficient (Wildman–Crippen LogP) is 2.08. The summed E-state index contributed by atoms with van der Waals surface area (Å²) in [5, 5.41) is 0. The first-order valence-corrected chi connectivity index (χ1v) is 4.55. The zero-order valence-corrected chi connectivity index (χ0v) is 8.14. The Bertz CT molecular complexity index is 252. The van der Waals surface area contributed by atoms with Crippen LogP contribution >= 0.6 is 0 Å². The average molecular weight is 177 g/mol. The Kier molecular flexibility index (Phi) is 3.96. The topological polar surface area (TPSA) is 28.5 Å². The molecule has 0 aliphatic carbocycles. The summed E-state index contributed by atoms with van der Waals surface area (Å²) in [6.07, 6.45) is 5.36. The molecule has 0 bridgehead atoms. The molecule has 0 atom stereocenters. The van der Waals surface area contributed by atoms with Crippen LogP contribution in [0.1, 0.15) is 13.8 Å². The van der Waals surface area contributed by atoms with Crippen molar-refractivity contribution in [2.75, 3.05) is 13.1 Å². The van der Waals surface area contributed by atoms with Gasteiger partial charge in [0.2, 0.25) is 0 Å². The molecule has 0 spiro atoms. The maximum atomic E-state index is 4.31. The van der Waals surface area contributed by atoms with Crippen LogP contribution in [0.5, 0.6) is 0 Å². The van der Waals surface area contributed by atoms with Crippen molar-refractivity contribution in [3.8, 4) is 0 Å². The lowest BCUT2D eigenvalue weighted by Gasteiger charge is -2.13. The van der Waals surface area contributed by atoms with Gasteiger partial charge in [0.25, 0.3) is 0 Å². The molecule has 0 unspecified atom stereocenters. The fourth-order valence-corrected chi connectivity index (χ4v) is 0.965. The Hall–Kier alpha value is -1.38. The van der Waals surface area contributed by atoms with Crippen LogP contribution in [0, 0.1) is 0 Å². The van der Waals surface area contributed by atoms with Gasteiger partial charge in [-0.2, -0.15) is 0 Å². The number of aliphatic imine (C=N–C) groups is 1. The molecule has 1 aromatic heterocycles. The molecule has 1 aromatic rings. The number of pyridine rings is 1. The van der Waals surface area contributed by atoms with E-state index in [9.17, 15) is 0 Å². The first kappa shape index (κ1) is 9.71. The average Bonchev–Trinajstić information content (AvgIpc) is 2.21. The van der Waals surface area contributed by atoms with Crippen molar-refractivity contribution < 1.29 is 0 Å². The van der Waals surface area contributed by atoms with Gasteiger partial charge in [-0.25, -0.2) is 4.99 Å². The minimum Gasteiger partial charge on any atom is -0.363 e. The standard InChI is InChI=1S/C10H15N3/c1-3-13(4-2)9-12-10-5-7-11-8-6-10/h5-9H,3-4H2,1-2H3. The van der Waals surface area contributed by atoms with E-state index in [4.69, 9.17) is 0 Å². The molecule has 1 heterocycles. The molecule has 70 valence electrons. The second-order valence-electron chi connectivity index (χ2n) is 2.67. The Morgan fingerprint density at radius 1 is 1.31 bits per heavy atom. The quantitative estimate of drug-likeness (QED) is 0.520. The van der Waals surface area contributed by atoms with E-state index in [2.05, 4.69) is 28.7 Å². The van der Waals surface area contributed by atoms with Crippen molar-refractivity contribution in [3.63, 3.8) is 0 Å². The zero-order chi connectivity index (χ0) is 9.52. The molecule has 0 fully saturated rings. The Balaban J connectivity index is 2.57. The van der Waals surface area contributed by atoms with E-state index in [1.54, 1.807) is 12.4 Å². The molecule has 0 radical (unpaired) electrons. The molecule has 3 heteroatoms. The van der Waals surface area contributed by atoms with Gasteiger partial charge in [-0.05, 0) is 26.0 Å². The van der Waals surface area contributed by atoms with Crippen molar-refractivity contribution in [1.82, 2.24) is 9.88 Å². The largest absolute Gasteiger partial charge is 0.363 e. The third-order valence-electron chi connectivity index (χ3n) is 1.85. The van der Waals surface area contributed by atoms with Crippen LogP contribution in [0.25, 0.3) is 0 Å². The van der Waals surface area contributed by atoms with Crippen molar-refractivity contribution in [1.29, 1.82) is 0 Å². The van der Waals surface area contributed by atoms with Crippen LogP contribution in [0.3, 0.4) is 0 Å². The second kappa shape index (κ2) is 5.30. The SMILES string of the molecule is CCN(C=Nc1ccncc1)CC. The lowest BCUT2D eigenvalue weighted by Crippen LogP contribution is -2.20. The fourth-order valence-electron chi connectivity index (χ4n) is 0.965. The van der Waals surface area contributed by atoms with Crippen LogP contribution in [-0.4, -0.2) is 29.3 Å². The van der Waals surface area contributed by atoms with Crippen molar-refractivity contribution in [2.24, 2.45) is 4.99 Å². The van der Waals surface area contributed by atoms with Crippen LogP contribution in [0.15, 0.2) is 29.5 Å². The summed E-state index contributed by atoms with van der Waals surface area (Å²) in [5.74, 6) is 0. The number of hydrogen-bond donors (Lipinski definition) is 0. The molecule has 0 saturated carbocycles. The normalized spacial score (nSPS) is 10.6. The van der Waals surface area contributed by atoms with Gasteiger partial charge in [0.15, 0.2) is 0 Å². The van der Waals surface area contributed by atoms with Crippen molar-refractivity contribution >= 4 is 12.0 Å². The van der Waals surface area contributed by atoms with Gasteiger partial charge in [-0.1, -0.05) is 0 Å². The number of rotatable bonds is 4. The minimum absolute atomic E-state index is 0.946. The fraction of sp³-hybridized carbons (Fsp3) is 0.400. The highest BCUT2D eigenvalue weighted by Crippen LogP contribution is 2.06. The van der Waals surface area contributed by atoms with Gasteiger partial charge < -0.3 is 4.90 Å². The first-order chi connectivity index (χ1) is 6.36. The molecule has 0 amide bonds. The van der Waals surface area contributed by atoms with E-state index in [-0.39, 0.29) is 0 Å². The lowest BCUT2D eigenvalue weighted by atomic mass is 10.4. The minimum atomic E-state index is 0.946. The summed E-state index contributed by atoms with van der Waals surface area (Å²) >= 11 is 0. The maximum Gasteiger partial charge on any atom is 0.0912 e. The van der Waals surface area contributed by atoms with Crippen molar-refractivity contribution in [3.05, 3.63) is 24.5 Å². The third-order valence-corrected chi connectivity index (χ3v) is 1.85. The number of nitrogens with zero attached hydrogens (tertiary/aromatic N) is 3. The van der Waals surface area contributed by atoms with Crippen molar-refractivity contribution in [2.45, 2.75) is 13.8 Å². The van der Waals surface area contributed by atoms with Crippen LogP contribution in [-0.2, 0) is 0 Å². The Morgan fingerprint density at radius 3 is 2.46 bits per heavy atom. The maximum absolute atomic E-state index is 4.31. The van der Waals surface area contributed by atoms with Gasteiger partial charge >= 0.3 is 0 Å². The lowest BCUT2D eigenvalue weighted by molar-refractivity contribution is 0.480. The van der Waals surface area contributed by atoms with Gasteiger partial charge in [-0.15, -0.1) is 0 Å². The van der Waals surface area contributed by atoms with E-state index >= 15 is 0 Å². The van der Waals surface area contributed by atoms with Gasteiger partial charge in [0.05, 0.1) is 12.0 Å². The highest BCUT2D eigenvalue weighted by molar-refractivity contribution is 5.60. The predicted molar refractivity (Wildman–Crippen MR) is 55.3 cm³/mol. The molecule has 0 saturated heterocycles. The van der Waals surface area contributed by atoms with Crippen LogP contribution < -0.4 is 0 Å². The van der Waals surface area contributed by atoms with E-state index in [0.717, 1.165) is 18.8 Å². The molecule has 0 aliphatic heterocycles. The van der Waals surface area contributed by atoms with Crippen LogP contribution in [0.4, 0.5) is 5.69 Å². The Labute approximate surface area is 79.1 Å². The Morgan fingerprint density at radius 2 is 1.92 bits per heavy atom. The third kappa shape index (κ3) is 3.23. The van der Waals surface area contributed by atoms with E-state index < -0.39 is 0 Å². The molecule has 1 rings (SSSR count). The second-order valence-corrected chi connectivity index (χ2v) is 2.67. The van der Waals surface area contributed by atoms with E-state index in [1.165, 1.54) is 0 Å². The van der Waals surface area contributed by atoms with E-state index in [1.807, 2.05) is 18.5 Å². The molecule has 0 aromatic carbocycles. The smallest absolute Gasteiger partial charge is 0.0912 e. The summed E-state index contributed by atoms with van der Waals surface area (Å²) < 4.78 is 0.